The zero-order valence-electron chi connectivity index (χ0n) is 6.91. The summed E-state index contributed by atoms with van der Waals surface area (Å²) in [5.74, 6) is 0.0110. The summed E-state index contributed by atoms with van der Waals surface area (Å²) in [5.41, 5.74) is 1.53. The van der Waals surface area contributed by atoms with E-state index in [-0.39, 0.29) is 5.78 Å². The number of hydrogen-bond acceptors (Lipinski definition) is 3. The molecular formula is C8H10N2O2. The molecule has 1 aliphatic rings. The van der Waals surface area contributed by atoms with E-state index in [4.69, 9.17) is 4.74 Å². The van der Waals surface area contributed by atoms with Crippen LogP contribution in [-0.4, -0.2) is 22.2 Å². The fourth-order valence-corrected chi connectivity index (χ4v) is 1.27. The minimum atomic E-state index is 0.0110. The van der Waals surface area contributed by atoms with Gasteiger partial charge in [-0.2, -0.15) is 5.10 Å². The maximum absolute atomic E-state index is 10.9. The van der Waals surface area contributed by atoms with Gasteiger partial charge in [0, 0.05) is 6.92 Å². The summed E-state index contributed by atoms with van der Waals surface area (Å²) < 4.78 is 7.05. The molecule has 2 heterocycles. The largest absolute Gasteiger partial charge is 0.373 e. The van der Waals surface area contributed by atoms with Crippen LogP contribution in [0.15, 0.2) is 6.07 Å². The van der Waals surface area contributed by atoms with E-state index in [1.807, 2.05) is 4.68 Å². The fraction of sp³-hybridized carbons (Fsp3) is 0.500. The lowest BCUT2D eigenvalue weighted by atomic mass is 10.3. The number of carbonyl (C=O) groups excluding carboxylic acids is 1. The van der Waals surface area contributed by atoms with Gasteiger partial charge in [-0.3, -0.25) is 9.48 Å². The van der Waals surface area contributed by atoms with Crippen LogP contribution >= 0.6 is 0 Å². The van der Waals surface area contributed by atoms with Crippen LogP contribution < -0.4 is 0 Å². The van der Waals surface area contributed by atoms with Crippen LogP contribution in [0.4, 0.5) is 0 Å². The monoisotopic (exact) mass is 166 g/mol. The highest BCUT2D eigenvalue weighted by molar-refractivity contribution is 5.92. The Bertz CT molecular complexity index is 293. The van der Waals surface area contributed by atoms with Gasteiger partial charge in [-0.05, 0) is 6.07 Å². The number of rotatable bonds is 1. The van der Waals surface area contributed by atoms with Crippen LogP contribution in [-0.2, 0) is 17.9 Å². The molecule has 0 spiro atoms. The number of aromatic nitrogens is 2. The molecule has 12 heavy (non-hydrogen) atoms. The van der Waals surface area contributed by atoms with Crippen LogP contribution in [0.5, 0.6) is 0 Å². The van der Waals surface area contributed by atoms with Crippen molar-refractivity contribution in [2.45, 2.75) is 20.1 Å². The lowest BCUT2D eigenvalue weighted by Gasteiger charge is -2.12. The quantitative estimate of drug-likeness (QED) is 0.574. The molecular weight excluding hydrogens is 156 g/mol. The first-order chi connectivity index (χ1) is 5.77. The highest BCUT2D eigenvalue weighted by Crippen LogP contribution is 2.10. The highest BCUT2D eigenvalue weighted by Gasteiger charge is 2.13. The second-order valence-electron chi connectivity index (χ2n) is 2.85. The molecule has 4 nitrogen and oxygen atoms in total. The molecule has 1 aromatic heterocycles. The van der Waals surface area contributed by atoms with Gasteiger partial charge in [0.1, 0.15) is 5.69 Å². The zero-order valence-corrected chi connectivity index (χ0v) is 6.91. The van der Waals surface area contributed by atoms with Crippen molar-refractivity contribution in [1.29, 1.82) is 0 Å². The Hall–Kier alpha value is -1.16. The third kappa shape index (κ3) is 1.14. The average Bonchev–Trinajstić information content (AvgIpc) is 2.46. The van der Waals surface area contributed by atoms with Gasteiger partial charge in [-0.25, -0.2) is 0 Å². The van der Waals surface area contributed by atoms with Crippen molar-refractivity contribution in [3.05, 3.63) is 17.5 Å². The molecule has 0 amide bonds. The Labute approximate surface area is 70.1 Å². The summed E-state index contributed by atoms with van der Waals surface area (Å²) in [4.78, 5) is 10.9. The SMILES string of the molecule is CC(=O)c1cc2n(n1)CCOC2. The number of ketones is 1. The van der Waals surface area contributed by atoms with Crippen molar-refractivity contribution in [2.24, 2.45) is 0 Å². The number of carbonyl (C=O) groups is 1. The van der Waals surface area contributed by atoms with Crippen molar-refractivity contribution in [2.75, 3.05) is 6.61 Å². The molecule has 1 aliphatic heterocycles. The van der Waals surface area contributed by atoms with E-state index in [2.05, 4.69) is 5.10 Å². The third-order valence-electron chi connectivity index (χ3n) is 1.92. The molecule has 1 aromatic rings. The molecule has 2 rings (SSSR count). The van der Waals surface area contributed by atoms with Crippen LogP contribution in [0.25, 0.3) is 0 Å². The normalized spacial score (nSPS) is 15.8. The van der Waals surface area contributed by atoms with Crippen molar-refractivity contribution >= 4 is 5.78 Å². The summed E-state index contributed by atoms with van der Waals surface area (Å²) in [6.07, 6.45) is 0. The fourth-order valence-electron chi connectivity index (χ4n) is 1.27. The molecule has 0 N–H and O–H groups in total. The number of fused-ring (bicyclic) bond motifs is 1. The average molecular weight is 166 g/mol. The Balaban J connectivity index is 2.38. The van der Waals surface area contributed by atoms with E-state index >= 15 is 0 Å². The number of hydrogen-bond donors (Lipinski definition) is 0. The van der Waals surface area contributed by atoms with Crippen molar-refractivity contribution in [1.82, 2.24) is 9.78 Å². The van der Waals surface area contributed by atoms with Gasteiger partial charge in [0.15, 0.2) is 5.78 Å². The molecule has 0 saturated carbocycles. The third-order valence-corrected chi connectivity index (χ3v) is 1.92. The van der Waals surface area contributed by atoms with Crippen molar-refractivity contribution in [3.63, 3.8) is 0 Å². The van der Waals surface area contributed by atoms with Gasteiger partial charge < -0.3 is 4.74 Å². The molecule has 0 radical (unpaired) electrons. The predicted octanol–water partition coefficient (Wildman–Crippen LogP) is 0.616. The minimum absolute atomic E-state index is 0.0110. The highest BCUT2D eigenvalue weighted by atomic mass is 16.5. The maximum atomic E-state index is 10.9. The van der Waals surface area contributed by atoms with Gasteiger partial charge in [-0.1, -0.05) is 0 Å². The Morgan fingerprint density at radius 3 is 3.25 bits per heavy atom. The second-order valence-corrected chi connectivity index (χ2v) is 2.85. The van der Waals surface area contributed by atoms with Crippen LogP contribution in [0.3, 0.4) is 0 Å². The molecule has 0 aromatic carbocycles. The van der Waals surface area contributed by atoms with E-state index in [0.29, 0.717) is 18.9 Å². The van der Waals surface area contributed by atoms with E-state index in [9.17, 15) is 4.79 Å². The Morgan fingerprint density at radius 1 is 1.75 bits per heavy atom. The molecule has 4 heteroatoms. The first-order valence-electron chi connectivity index (χ1n) is 3.93. The standard InChI is InChI=1S/C8H10N2O2/c1-6(11)8-4-7-5-12-3-2-10(7)9-8/h4H,2-3,5H2,1H3. The molecule has 0 unspecified atom stereocenters. The molecule has 0 saturated heterocycles. The maximum Gasteiger partial charge on any atom is 0.179 e. The topological polar surface area (TPSA) is 44.1 Å². The number of Topliss-reactive ketones (excluding diaryl/α,β-unsaturated/α-hetero) is 1. The Kier molecular flexibility index (Phi) is 1.69. The molecule has 0 bridgehead atoms. The van der Waals surface area contributed by atoms with E-state index in [1.54, 1.807) is 6.07 Å². The summed E-state index contributed by atoms with van der Waals surface area (Å²) in [6.45, 7) is 3.53. The van der Waals surface area contributed by atoms with E-state index < -0.39 is 0 Å². The van der Waals surface area contributed by atoms with Crippen molar-refractivity contribution < 1.29 is 9.53 Å². The van der Waals surface area contributed by atoms with Crippen LogP contribution in [0, 0.1) is 0 Å². The summed E-state index contributed by atoms with van der Waals surface area (Å²) in [6, 6.07) is 1.79. The summed E-state index contributed by atoms with van der Waals surface area (Å²) in [7, 11) is 0. The zero-order chi connectivity index (χ0) is 8.55. The summed E-state index contributed by atoms with van der Waals surface area (Å²) >= 11 is 0. The van der Waals surface area contributed by atoms with E-state index in [0.717, 1.165) is 12.2 Å². The lowest BCUT2D eigenvalue weighted by molar-refractivity contribution is 0.0798. The van der Waals surface area contributed by atoms with Gasteiger partial charge in [-0.15, -0.1) is 0 Å². The van der Waals surface area contributed by atoms with Gasteiger partial charge >= 0.3 is 0 Å². The van der Waals surface area contributed by atoms with Crippen LogP contribution in [0.2, 0.25) is 0 Å². The first-order valence-corrected chi connectivity index (χ1v) is 3.93. The Morgan fingerprint density at radius 2 is 2.58 bits per heavy atom. The van der Waals surface area contributed by atoms with Gasteiger partial charge in [0.25, 0.3) is 0 Å². The van der Waals surface area contributed by atoms with Gasteiger partial charge in [0.2, 0.25) is 0 Å². The second kappa shape index (κ2) is 2.71. The minimum Gasteiger partial charge on any atom is -0.373 e. The molecule has 0 aliphatic carbocycles. The number of nitrogens with zero attached hydrogens (tertiary/aromatic N) is 2. The first kappa shape index (κ1) is 7.49. The lowest BCUT2D eigenvalue weighted by Crippen LogP contribution is -2.17. The predicted molar refractivity (Wildman–Crippen MR) is 41.9 cm³/mol. The van der Waals surface area contributed by atoms with E-state index in [1.165, 1.54) is 6.92 Å². The molecule has 64 valence electrons. The van der Waals surface area contributed by atoms with Crippen molar-refractivity contribution in [3.8, 4) is 0 Å². The van der Waals surface area contributed by atoms with Crippen LogP contribution in [0.1, 0.15) is 23.1 Å². The summed E-state index contributed by atoms with van der Waals surface area (Å²) in [5, 5.41) is 4.14. The van der Waals surface area contributed by atoms with Gasteiger partial charge in [0.05, 0.1) is 25.5 Å². The molecule has 0 fully saturated rings. The number of ether oxygens (including phenoxy) is 1. The smallest absolute Gasteiger partial charge is 0.179 e. The molecule has 0 atom stereocenters.